The molecule has 36 heavy (non-hydrogen) atoms. The van der Waals surface area contributed by atoms with Gasteiger partial charge in [-0.25, -0.2) is 13.2 Å². The van der Waals surface area contributed by atoms with Gasteiger partial charge in [-0.2, -0.15) is 0 Å². The Labute approximate surface area is 215 Å². The second-order valence-electron chi connectivity index (χ2n) is 8.89. The summed E-state index contributed by atoms with van der Waals surface area (Å²) in [5.74, 6) is -4.44. The van der Waals surface area contributed by atoms with Crippen LogP contribution in [0.15, 0.2) is 48.5 Å². The number of amides is 1. The molecule has 1 aliphatic rings. The van der Waals surface area contributed by atoms with Crippen molar-refractivity contribution in [3.63, 3.8) is 0 Å². The van der Waals surface area contributed by atoms with Crippen LogP contribution in [0.1, 0.15) is 67.4 Å². The van der Waals surface area contributed by atoms with E-state index >= 15 is 4.39 Å². The molecule has 1 amide bonds. The Hall–Kier alpha value is -2.38. The summed E-state index contributed by atoms with van der Waals surface area (Å²) in [6.45, 7) is 13.9. The first kappa shape index (κ1) is 33.6. The molecule has 204 valence electrons. The van der Waals surface area contributed by atoms with Gasteiger partial charge in [0.25, 0.3) is 5.92 Å². The van der Waals surface area contributed by atoms with Crippen LogP contribution in [-0.2, 0) is 11.2 Å². The van der Waals surface area contributed by atoms with Crippen LogP contribution in [0.3, 0.4) is 0 Å². The van der Waals surface area contributed by atoms with Crippen LogP contribution in [0, 0.1) is 11.2 Å². The summed E-state index contributed by atoms with van der Waals surface area (Å²) in [7, 11) is 0. The maximum absolute atomic E-state index is 15.2. The number of nitrogens with zero attached hydrogens (tertiary/aromatic N) is 1. The molecule has 4 nitrogen and oxygen atoms in total. The fraction of sp³-hybridized carbons (Fsp3) is 0.552. The number of carbonyl (C=O) groups is 1. The van der Waals surface area contributed by atoms with Crippen LogP contribution in [-0.4, -0.2) is 47.1 Å². The van der Waals surface area contributed by atoms with Crippen LogP contribution in [0.5, 0.6) is 0 Å². The highest BCUT2D eigenvalue weighted by atomic mass is 19.3. The van der Waals surface area contributed by atoms with E-state index in [0.717, 1.165) is 4.90 Å². The Morgan fingerprint density at radius 1 is 1.06 bits per heavy atom. The average molecular weight is 511 g/mol. The van der Waals surface area contributed by atoms with Crippen molar-refractivity contribution in [1.82, 2.24) is 4.90 Å². The standard InChI is InChI=1S/C22H25F3N2O2.C3H8.2C2H6/c1-21(2,13-28)20(29)27-12-22(24,25)19(26)17(27)11-15-9-6-10-16(18(15)23)14-7-4-3-5-8-14;1-3-2;2*1-2/h3-10,17,19,28H,11-13,26H2,1-2H3;3H2,1-2H3;2*1-2H3. The highest BCUT2D eigenvalue weighted by molar-refractivity contribution is 5.83. The molecule has 0 spiro atoms. The van der Waals surface area contributed by atoms with E-state index in [4.69, 9.17) is 5.73 Å². The first-order valence-corrected chi connectivity index (χ1v) is 12.9. The number of aliphatic hydroxyl groups excluding tert-OH is 1. The second kappa shape index (κ2) is 15.7. The van der Waals surface area contributed by atoms with Crippen molar-refractivity contribution in [3.05, 3.63) is 59.9 Å². The Bertz CT molecular complexity index is 905. The van der Waals surface area contributed by atoms with Crippen LogP contribution in [0.4, 0.5) is 13.2 Å². The molecule has 1 heterocycles. The topological polar surface area (TPSA) is 66.6 Å². The van der Waals surface area contributed by atoms with E-state index < -0.39 is 48.3 Å². The summed E-state index contributed by atoms with van der Waals surface area (Å²) in [4.78, 5) is 13.8. The maximum atomic E-state index is 15.2. The SMILES string of the molecule is CC.CC.CC(C)(CO)C(=O)N1CC(F)(F)C(N)C1Cc1cccc(-c2ccccc2)c1F.CCC. The Morgan fingerprint density at radius 2 is 1.58 bits per heavy atom. The Kier molecular flexibility index (Phi) is 14.6. The fourth-order valence-electron chi connectivity index (χ4n) is 3.64. The minimum absolute atomic E-state index is 0.142. The molecule has 2 aromatic carbocycles. The first-order chi connectivity index (χ1) is 17.0. The summed E-state index contributed by atoms with van der Waals surface area (Å²) in [6, 6.07) is 11.0. The quantitative estimate of drug-likeness (QED) is 0.471. The lowest BCUT2D eigenvalue weighted by Gasteiger charge is -2.32. The van der Waals surface area contributed by atoms with Gasteiger partial charge in [0.2, 0.25) is 5.91 Å². The van der Waals surface area contributed by atoms with E-state index in [9.17, 15) is 18.7 Å². The monoisotopic (exact) mass is 510 g/mol. The Morgan fingerprint density at radius 3 is 2.08 bits per heavy atom. The zero-order chi connectivity index (χ0) is 28.1. The molecule has 1 fully saturated rings. The molecule has 0 bridgehead atoms. The number of alkyl halides is 2. The Balaban J connectivity index is 0.00000159. The zero-order valence-corrected chi connectivity index (χ0v) is 23.1. The van der Waals surface area contributed by atoms with Gasteiger partial charge < -0.3 is 15.7 Å². The highest BCUT2D eigenvalue weighted by Gasteiger charge is 2.55. The number of hydrogen-bond acceptors (Lipinski definition) is 3. The van der Waals surface area contributed by atoms with Gasteiger partial charge >= 0.3 is 0 Å². The molecule has 1 saturated heterocycles. The smallest absolute Gasteiger partial charge is 0.282 e. The van der Waals surface area contributed by atoms with E-state index in [0.29, 0.717) is 11.1 Å². The van der Waals surface area contributed by atoms with Gasteiger partial charge in [0.05, 0.1) is 30.7 Å². The number of carbonyl (C=O) groups excluding carboxylic acids is 1. The highest BCUT2D eigenvalue weighted by Crippen LogP contribution is 2.36. The molecule has 2 unspecified atom stereocenters. The third kappa shape index (κ3) is 8.34. The fourth-order valence-corrected chi connectivity index (χ4v) is 3.64. The van der Waals surface area contributed by atoms with Crippen molar-refractivity contribution in [2.45, 2.75) is 86.2 Å². The number of benzene rings is 2. The summed E-state index contributed by atoms with van der Waals surface area (Å²) < 4.78 is 43.9. The molecule has 3 N–H and O–H groups in total. The lowest BCUT2D eigenvalue weighted by molar-refractivity contribution is -0.144. The lowest BCUT2D eigenvalue weighted by atomic mass is 9.91. The molecule has 0 radical (unpaired) electrons. The van der Waals surface area contributed by atoms with Crippen LogP contribution < -0.4 is 5.73 Å². The molecule has 7 heteroatoms. The molecule has 2 atom stereocenters. The van der Waals surface area contributed by atoms with E-state index in [2.05, 4.69) is 13.8 Å². The minimum atomic E-state index is -3.29. The molecular weight excluding hydrogens is 465 g/mol. The van der Waals surface area contributed by atoms with E-state index in [1.807, 2.05) is 33.8 Å². The molecule has 0 aliphatic carbocycles. The molecule has 2 aromatic rings. The van der Waals surface area contributed by atoms with Crippen molar-refractivity contribution in [1.29, 1.82) is 0 Å². The van der Waals surface area contributed by atoms with Gasteiger partial charge in [-0.3, -0.25) is 4.79 Å². The molecule has 0 aromatic heterocycles. The van der Waals surface area contributed by atoms with E-state index in [1.54, 1.807) is 36.4 Å². The largest absolute Gasteiger partial charge is 0.395 e. The predicted molar refractivity (Wildman–Crippen MR) is 143 cm³/mol. The average Bonchev–Trinajstić information content (AvgIpc) is 3.11. The second-order valence-corrected chi connectivity index (χ2v) is 8.89. The molecule has 1 aliphatic heterocycles. The van der Waals surface area contributed by atoms with Crippen molar-refractivity contribution in [2.75, 3.05) is 13.2 Å². The number of hydrogen-bond donors (Lipinski definition) is 2. The van der Waals surface area contributed by atoms with Gasteiger partial charge in [0.1, 0.15) is 5.82 Å². The van der Waals surface area contributed by atoms with Crippen molar-refractivity contribution < 1.29 is 23.1 Å². The summed E-state index contributed by atoms with van der Waals surface area (Å²) in [5, 5.41) is 9.48. The zero-order valence-electron chi connectivity index (χ0n) is 23.1. The number of aliphatic hydroxyl groups is 1. The van der Waals surface area contributed by atoms with Crippen LogP contribution in [0.2, 0.25) is 0 Å². The normalized spacial score (nSPS) is 18.1. The molecular formula is C29H45F3N2O2. The van der Waals surface area contributed by atoms with E-state index in [-0.39, 0.29) is 12.0 Å². The number of nitrogens with two attached hydrogens (primary N) is 1. The summed E-state index contributed by atoms with van der Waals surface area (Å²) in [6.07, 6.45) is 1.11. The molecule has 0 saturated carbocycles. The van der Waals surface area contributed by atoms with E-state index in [1.165, 1.54) is 26.3 Å². The van der Waals surface area contributed by atoms with Gasteiger partial charge in [0.15, 0.2) is 0 Å². The summed E-state index contributed by atoms with van der Waals surface area (Å²) >= 11 is 0. The number of rotatable bonds is 5. The van der Waals surface area contributed by atoms with Crippen molar-refractivity contribution in [3.8, 4) is 11.1 Å². The number of likely N-dealkylation sites (tertiary alicyclic amines) is 1. The van der Waals surface area contributed by atoms with Crippen LogP contribution in [0.25, 0.3) is 11.1 Å². The van der Waals surface area contributed by atoms with Crippen molar-refractivity contribution in [2.24, 2.45) is 11.1 Å². The van der Waals surface area contributed by atoms with Gasteiger partial charge in [-0.15, -0.1) is 0 Å². The van der Waals surface area contributed by atoms with Crippen molar-refractivity contribution >= 4 is 5.91 Å². The maximum Gasteiger partial charge on any atom is 0.282 e. The predicted octanol–water partition coefficient (Wildman–Crippen LogP) is 6.70. The molecule has 3 rings (SSSR count). The van der Waals surface area contributed by atoms with Crippen LogP contribution >= 0.6 is 0 Å². The first-order valence-electron chi connectivity index (χ1n) is 12.9. The van der Waals surface area contributed by atoms with Gasteiger partial charge in [-0.05, 0) is 31.4 Å². The lowest BCUT2D eigenvalue weighted by Crippen LogP contribution is -2.50. The van der Waals surface area contributed by atoms with Gasteiger partial charge in [0, 0.05) is 5.56 Å². The summed E-state index contributed by atoms with van der Waals surface area (Å²) in [5.41, 5.74) is 5.79. The van der Waals surface area contributed by atoms with Gasteiger partial charge in [-0.1, -0.05) is 96.5 Å². The minimum Gasteiger partial charge on any atom is -0.395 e. The third-order valence-corrected chi connectivity index (χ3v) is 5.51. The third-order valence-electron chi connectivity index (χ3n) is 5.51. The number of halogens is 3.